The summed E-state index contributed by atoms with van der Waals surface area (Å²) in [5, 5.41) is 5.28. The first-order chi connectivity index (χ1) is 18.1. The van der Waals surface area contributed by atoms with Crippen molar-refractivity contribution >= 4 is 19.6 Å². The lowest BCUT2D eigenvalue weighted by atomic mass is 10.0. The highest BCUT2D eigenvalue weighted by Gasteiger charge is 2.34. The fourth-order valence-corrected chi connectivity index (χ4v) is 4.86. The first kappa shape index (κ1) is 30.2. The van der Waals surface area contributed by atoms with E-state index in [1.807, 2.05) is 29.6 Å². The predicted molar refractivity (Wildman–Crippen MR) is 144 cm³/mol. The smallest absolute Gasteiger partial charge is 0.419 e. The molecule has 38 heavy (non-hydrogen) atoms. The van der Waals surface area contributed by atoms with E-state index >= 15 is 0 Å². The minimum atomic E-state index is -4.49. The molecule has 0 amide bonds. The predicted octanol–water partition coefficient (Wildman–Crippen LogP) is 7.11. The van der Waals surface area contributed by atoms with Gasteiger partial charge in [0.2, 0.25) is 0 Å². The van der Waals surface area contributed by atoms with E-state index in [0.717, 1.165) is 22.1 Å². The topological polar surface area (TPSA) is 77.0 Å². The molecule has 208 valence electrons. The second kappa shape index (κ2) is 14.7. The summed E-state index contributed by atoms with van der Waals surface area (Å²) in [4.78, 5) is 9.75. The Kier molecular flexibility index (Phi) is 11.7. The molecule has 0 radical (unpaired) electrons. The van der Waals surface area contributed by atoms with Gasteiger partial charge in [0.1, 0.15) is 11.5 Å². The number of alkyl halides is 3. The molecule has 0 bridgehead atoms. The van der Waals surface area contributed by atoms with E-state index in [9.17, 15) is 17.7 Å². The van der Waals surface area contributed by atoms with Crippen molar-refractivity contribution in [2.45, 2.75) is 51.9 Å². The quantitative estimate of drug-likeness (QED) is 0.150. The number of thiophene rings is 1. The molecule has 1 atom stereocenters. The highest BCUT2D eigenvalue weighted by Crippen LogP contribution is 2.38. The lowest BCUT2D eigenvalue weighted by Crippen LogP contribution is -2.16. The van der Waals surface area contributed by atoms with Crippen LogP contribution in [0.2, 0.25) is 0 Å². The SMILES string of the molecule is CC(C)Oc1ccc(CCCOc2ccc(CNCCCO[PH](=O)O)cc2-c2cccs2)cc1C(F)(F)F. The van der Waals surface area contributed by atoms with Gasteiger partial charge < -0.3 is 24.2 Å². The monoisotopic (exact) mass is 571 g/mol. The number of hydrogen-bond acceptors (Lipinski definition) is 6. The molecule has 0 saturated carbocycles. The van der Waals surface area contributed by atoms with Crippen LogP contribution in [0.5, 0.6) is 11.5 Å². The third kappa shape index (κ3) is 9.75. The van der Waals surface area contributed by atoms with Gasteiger partial charge in [-0.25, -0.2) is 0 Å². The molecule has 0 aliphatic heterocycles. The van der Waals surface area contributed by atoms with Gasteiger partial charge in [-0.2, -0.15) is 13.2 Å². The molecule has 0 fully saturated rings. The van der Waals surface area contributed by atoms with Gasteiger partial charge in [-0.15, -0.1) is 11.3 Å². The van der Waals surface area contributed by atoms with Crippen LogP contribution in [-0.2, 0) is 28.2 Å². The summed E-state index contributed by atoms with van der Waals surface area (Å²) in [5.74, 6) is 0.563. The Morgan fingerprint density at radius 2 is 1.79 bits per heavy atom. The summed E-state index contributed by atoms with van der Waals surface area (Å²) in [5.41, 5.74) is 1.83. The van der Waals surface area contributed by atoms with Gasteiger partial charge >= 0.3 is 14.4 Å². The Morgan fingerprint density at radius 3 is 2.47 bits per heavy atom. The standard InChI is InChI=1S/C27H33F3NO5PS/c1-19(2)36-25-11-8-20(17-23(25)27(28,29)30)6-3-13-34-24-10-9-21(16-22(24)26-7-4-15-38-26)18-31-12-5-14-35-37(32)33/h4,7-11,15-17,19,31,37H,3,5-6,12-14,18H2,1-2H3,(H,32,33). The van der Waals surface area contributed by atoms with Gasteiger partial charge in [-0.3, -0.25) is 4.57 Å². The zero-order chi connectivity index (χ0) is 27.5. The maximum Gasteiger partial charge on any atom is 0.419 e. The van der Waals surface area contributed by atoms with Crippen molar-refractivity contribution in [1.82, 2.24) is 5.32 Å². The highest BCUT2D eigenvalue weighted by molar-refractivity contribution is 7.32. The lowest BCUT2D eigenvalue weighted by molar-refractivity contribution is -0.139. The van der Waals surface area contributed by atoms with Gasteiger partial charge in [-0.1, -0.05) is 18.2 Å². The van der Waals surface area contributed by atoms with Crippen LogP contribution in [0.25, 0.3) is 10.4 Å². The summed E-state index contributed by atoms with van der Waals surface area (Å²) in [6.45, 7) is 5.23. The van der Waals surface area contributed by atoms with E-state index in [2.05, 4.69) is 15.9 Å². The molecule has 2 N–H and O–H groups in total. The van der Waals surface area contributed by atoms with E-state index in [1.165, 1.54) is 6.07 Å². The number of benzene rings is 2. The number of halogens is 3. The first-order valence-electron chi connectivity index (χ1n) is 12.4. The van der Waals surface area contributed by atoms with E-state index in [0.29, 0.717) is 50.3 Å². The molecule has 2 aromatic carbocycles. The van der Waals surface area contributed by atoms with Gasteiger partial charge in [-0.05, 0) is 86.5 Å². The van der Waals surface area contributed by atoms with E-state index in [4.69, 9.17) is 14.4 Å². The number of rotatable bonds is 15. The summed E-state index contributed by atoms with van der Waals surface area (Å²) >= 11 is 1.60. The van der Waals surface area contributed by atoms with Crippen molar-refractivity contribution in [3.8, 4) is 21.9 Å². The summed E-state index contributed by atoms with van der Waals surface area (Å²) in [6.07, 6.45) is -3.23. The Bertz CT molecular complexity index is 1170. The van der Waals surface area contributed by atoms with Crippen LogP contribution in [0.1, 0.15) is 43.4 Å². The Labute approximate surface area is 225 Å². The second-order valence-electron chi connectivity index (χ2n) is 8.90. The van der Waals surface area contributed by atoms with Gasteiger partial charge in [0, 0.05) is 17.0 Å². The van der Waals surface area contributed by atoms with E-state index in [-0.39, 0.29) is 18.5 Å². The summed E-state index contributed by atoms with van der Waals surface area (Å²) in [7, 11) is -2.89. The summed E-state index contributed by atoms with van der Waals surface area (Å²) < 4.78 is 67.3. The number of ether oxygens (including phenoxy) is 2. The largest absolute Gasteiger partial charge is 0.493 e. The van der Waals surface area contributed by atoms with Crippen LogP contribution in [-0.4, -0.2) is 30.8 Å². The Morgan fingerprint density at radius 1 is 1.03 bits per heavy atom. The van der Waals surface area contributed by atoms with Crippen molar-refractivity contribution in [2.75, 3.05) is 19.8 Å². The Hall–Kier alpha value is -2.36. The van der Waals surface area contributed by atoms with Gasteiger partial charge in [0.15, 0.2) is 0 Å². The number of hydrogen-bond donors (Lipinski definition) is 2. The van der Waals surface area contributed by atoms with Crippen LogP contribution >= 0.6 is 19.6 Å². The normalized spacial score (nSPS) is 12.6. The molecule has 11 heteroatoms. The zero-order valence-electron chi connectivity index (χ0n) is 21.3. The molecular weight excluding hydrogens is 538 g/mol. The Balaban J connectivity index is 1.58. The highest BCUT2D eigenvalue weighted by atomic mass is 32.1. The maximum atomic E-state index is 13.5. The van der Waals surface area contributed by atoms with Crippen molar-refractivity contribution in [2.24, 2.45) is 0 Å². The number of aryl methyl sites for hydroxylation is 1. The van der Waals surface area contributed by atoms with Gasteiger partial charge in [0.05, 0.1) is 24.9 Å². The van der Waals surface area contributed by atoms with E-state index < -0.39 is 20.0 Å². The average Bonchev–Trinajstić information content (AvgIpc) is 3.39. The average molecular weight is 572 g/mol. The van der Waals surface area contributed by atoms with Crippen LogP contribution < -0.4 is 14.8 Å². The minimum Gasteiger partial charge on any atom is -0.493 e. The van der Waals surface area contributed by atoms with Crippen LogP contribution in [0.15, 0.2) is 53.9 Å². The van der Waals surface area contributed by atoms with Crippen LogP contribution in [0.4, 0.5) is 13.2 Å². The van der Waals surface area contributed by atoms with Crippen molar-refractivity contribution in [3.05, 3.63) is 70.6 Å². The lowest BCUT2D eigenvalue weighted by Gasteiger charge is -2.17. The third-order valence-electron chi connectivity index (χ3n) is 5.46. The molecule has 1 heterocycles. The molecule has 0 aliphatic carbocycles. The van der Waals surface area contributed by atoms with Crippen molar-refractivity contribution in [3.63, 3.8) is 0 Å². The second-order valence-corrected chi connectivity index (χ2v) is 10.7. The van der Waals surface area contributed by atoms with Gasteiger partial charge in [0.25, 0.3) is 0 Å². The molecule has 6 nitrogen and oxygen atoms in total. The van der Waals surface area contributed by atoms with Crippen molar-refractivity contribution in [1.29, 1.82) is 0 Å². The molecule has 0 saturated heterocycles. The first-order valence-corrected chi connectivity index (χ1v) is 14.5. The van der Waals surface area contributed by atoms with Crippen LogP contribution in [0, 0.1) is 0 Å². The van der Waals surface area contributed by atoms with E-state index in [1.54, 1.807) is 31.3 Å². The number of nitrogens with one attached hydrogen (secondary N) is 1. The fourth-order valence-electron chi connectivity index (χ4n) is 3.80. The molecule has 1 unspecified atom stereocenters. The van der Waals surface area contributed by atoms with Crippen LogP contribution in [0.3, 0.4) is 0 Å². The zero-order valence-corrected chi connectivity index (χ0v) is 23.2. The molecule has 0 aliphatic rings. The minimum absolute atomic E-state index is 0.154. The maximum absolute atomic E-state index is 13.5. The molecule has 3 aromatic rings. The molecule has 1 aromatic heterocycles. The molecular formula is C27H33F3NO5PS. The van der Waals surface area contributed by atoms with Crippen molar-refractivity contribution < 1.29 is 36.6 Å². The summed E-state index contributed by atoms with van der Waals surface area (Å²) in [6, 6.07) is 14.1. The molecule has 3 rings (SSSR count). The fraction of sp³-hybridized carbons (Fsp3) is 0.407. The third-order valence-corrected chi connectivity index (χ3v) is 6.82. The molecule has 0 spiro atoms.